The first kappa shape index (κ1) is 20.5. The van der Waals surface area contributed by atoms with Crippen LogP contribution in [0.1, 0.15) is 48.2 Å². The van der Waals surface area contributed by atoms with E-state index in [-0.39, 0.29) is 28.7 Å². The van der Waals surface area contributed by atoms with Crippen LogP contribution in [0.3, 0.4) is 0 Å². The fourth-order valence-corrected chi connectivity index (χ4v) is 2.62. The minimum absolute atomic E-state index is 0.0500. The number of hydrogen-bond donors (Lipinski definition) is 3. The Kier molecular flexibility index (Phi) is 6.25. The van der Waals surface area contributed by atoms with Crippen LogP contribution in [0, 0.1) is 19.7 Å². The van der Waals surface area contributed by atoms with Crippen LogP contribution >= 0.6 is 0 Å². The van der Waals surface area contributed by atoms with Crippen molar-refractivity contribution in [2.24, 2.45) is 7.05 Å². The minimum atomic E-state index is -0.513. The number of amides is 1. The third-order valence-electron chi connectivity index (χ3n) is 4.31. The third kappa shape index (κ3) is 4.30. The van der Waals surface area contributed by atoms with Crippen molar-refractivity contribution in [3.63, 3.8) is 0 Å². The number of rotatable bonds is 4. The van der Waals surface area contributed by atoms with Gasteiger partial charge in [0, 0.05) is 13.1 Å². The molecule has 0 saturated heterocycles. The van der Waals surface area contributed by atoms with Gasteiger partial charge in [-0.25, -0.2) is 4.39 Å². The number of benzene rings is 1. The number of halogens is 1. The molecular weight excluding hydrogens is 349 g/mol. The summed E-state index contributed by atoms with van der Waals surface area (Å²) in [5, 5.41) is 15.9. The summed E-state index contributed by atoms with van der Waals surface area (Å²) in [5.41, 5.74) is 0.403. The van der Waals surface area contributed by atoms with E-state index in [2.05, 4.69) is 10.6 Å². The van der Waals surface area contributed by atoms with Crippen molar-refractivity contribution in [3.8, 4) is 5.75 Å². The number of nitrogens with zero attached hydrogens (tertiary/aromatic N) is 1. The molecular formula is C20H26FN3O3. The smallest absolute Gasteiger partial charge is 0.259 e. The largest absolute Gasteiger partial charge is 0.506 e. The minimum Gasteiger partial charge on any atom is -0.506 e. The van der Waals surface area contributed by atoms with Crippen LogP contribution in [0.4, 0.5) is 15.9 Å². The molecule has 1 amide bonds. The van der Waals surface area contributed by atoms with Crippen LogP contribution in [0.5, 0.6) is 5.75 Å². The number of aromatic nitrogens is 1. The quantitative estimate of drug-likeness (QED) is 0.764. The van der Waals surface area contributed by atoms with Gasteiger partial charge in [0.25, 0.3) is 11.5 Å². The van der Waals surface area contributed by atoms with Gasteiger partial charge in [-0.05, 0) is 44.4 Å². The molecule has 1 aromatic carbocycles. The van der Waals surface area contributed by atoms with Crippen LogP contribution < -0.4 is 16.2 Å². The highest BCUT2D eigenvalue weighted by atomic mass is 19.1. The summed E-state index contributed by atoms with van der Waals surface area (Å²) in [6, 6.07) is 4.66. The third-order valence-corrected chi connectivity index (χ3v) is 4.31. The maximum Gasteiger partial charge on any atom is 0.259 e. The zero-order chi connectivity index (χ0) is 20.3. The van der Waals surface area contributed by atoms with Gasteiger partial charge in [0.1, 0.15) is 22.9 Å². The second kappa shape index (κ2) is 8.24. The molecule has 0 aliphatic heterocycles. The fraction of sp³-hybridized carbons (Fsp3) is 0.400. The predicted molar refractivity (Wildman–Crippen MR) is 104 cm³/mol. The average Bonchev–Trinajstić information content (AvgIpc) is 3.45. The van der Waals surface area contributed by atoms with Crippen molar-refractivity contribution >= 4 is 17.4 Å². The second-order valence-electron chi connectivity index (χ2n) is 6.42. The molecule has 3 rings (SSSR count). The molecule has 146 valence electrons. The van der Waals surface area contributed by atoms with Crippen LogP contribution in [-0.4, -0.2) is 21.6 Å². The Hall–Kier alpha value is -2.83. The van der Waals surface area contributed by atoms with Gasteiger partial charge in [-0.1, -0.05) is 19.9 Å². The fourth-order valence-electron chi connectivity index (χ4n) is 2.62. The van der Waals surface area contributed by atoms with E-state index in [1.165, 1.54) is 30.7 Å². The number of carbonyl (C=O) groups excluding carboxylic acids is 1. The maximum absolute atomic E-state index is 14.2. The van der Waals surface area contributed by atoms with Crippen molar-refractivity contribution in [2.45, 2.75) is 46.6 Å². The van der Waals surface area contributed by atoms with Crippen molar-refractivity contribution in [1.82, 2.24) is 9.88 Å². The van der Waals surface area contributed by atoms with E-state index in [1.807, 2.05) is 13.8 Å². The molecule has 7 heteroatoms. The van der Waals surface area contributed by atoms with Gasteiger partial charge in [-0.3, -0.25) is 14.2 Å². The van der Waals surface area contributed by atoms with Crippen LogP contribution in [0.15, 0.2) is 23.0 Å². The normalized spacial score (nSPS) is 12.8. The van der Waals surface area contributed by atoms with Gasteiger partial charge in [-0.15, -0.1) is 0 Å². The molecule has 1 heterocycles. The van der Waals surface area contributed by atoms with E-state index in [0.29, 0.717) is 0 Å². The van der Waals surface area contributed by atoms with Gasteiger partial charge in [0.05, 0.1) is 11.3 Å². The Morgan fingerprint density at radius 1 is 1.26 bits per heavy atom. The molecule has 0 unspecified atom stereocenters. The van der Waals surface area contributed by atoms with Crippen molar-refractivity contribution in [3.05, 3.63) is 51.1 Å². The highest BCUT2D eigenvalue weighted by Crippen LogP contribution is 2.31. The Bertz CT molecular complexity index is 918. The number of pyridine rings is 1. The molecule has 0 spiro atoms. The highest BCUT2D eigenvalue weighted by molar-refractivity contribution is 6.02. The van der Waals surface area contributed by atoms with E-state index in [0.717, 1.165) is 18.4 Å². The van der Waals surface area contributed by atoms with E-state index < -0.39 is 23.0 Å². The average molecular weight is 375 g/mol. The van der Waals surface area contributed by atoms with E-state index >= 15 is 0 Å². The van der Waals surface area contributed by atoms with Crippen LogP contribution in [-0.2, 0) is 7.05 Å². The van der Waals surface area contributed by atoms with Gasteiger partial charge < -0.3 is 15.7 Å². The Morgan fingerprint density at radius 2 is 1.89 bits per heavy atom. The summed E-state index contributed by atoms with van der Waals surface area (Å²) in [6.07, 6.45) is 1.76. The molecule has 6 nitrogen and oxygen atoms in total. The molecule has 3 N–H and O–H groups in total. The van der Waals surface area contributed by atoms with E-state index in [4.69, 9.17) is 0 Å². The lowest BCUT2D eigenvalue weighted by molar-refractivity contribution is 0.0948. The molecule has 1 aromatic heterocycles. The predicted octanol–water partition coefficient (Wildman–Crippen LogP) is 3.51. The SMILES string of the molecule is CC.Cc1ccc(Nc2c(C(=O)NC3CC3)c(O)c(C)c(=O)n2C)c(F)c1. The molecule has 1 aliphatic rings. The molecule has 0 radical (unpaired) electrons. The lowest BCUT2D eigenvalue weighted by atomic mass is 10.1. The second-order valence-corrected chi connectivity index (χ2v) is 6.42. The summed E-state index contributed by atoms with van der Waals surface area (Å²) in [5.74, 6) is -1.35. The molecule has 1 saturated carbocycles. The molecule has 1 fully saturated rings. The van der Waals surface area contributed by atoms with E-state index in [1.54, 1.807) is 13.0 Å². The molecule has 0 bridgehead atoms. The monoisotopic (exact) mass is 375 g/mol. The summed E-state index contributed by atoms with van der Waals surface area (Å²) < 4.78 is 15.4. The van der Waals surface area contributed by atoms with Gasteiger partial charge in [0.15, 0.2) is 0 Å². The van der Waals surface area contributed by atoms with Crippen molar-refractivity contribution in [2.75, 3.05) is 5.32 Å². The van der Waals surface area contributed by atoms with Crippen LogP contribution in [0.25, 0.3) is 0 Å². The van der Waals surface area contributed by atoms with Gasteiger partial charge in [0.2, 0.25) is 0 Å². The number of nitrogens with one attached hydrogen (secondary N) is 2. The molecule has 0 atom stereocenters. The zero-order valence-corrected chi connectivity index (χ0v) is 16.3. The topological polar surface area (TPSA) is 83.4 Å². The number of aromatic hydroxyl groups is 1. The summed E-state index contributed by atoms with van der Waals surface area (Å²) >= 11 is 0. The first-order chi connectivity index (χ1) is 12.8. The Balaban J connectivity index is 0.00000126. The Labute approximate surface area is 158 Å². The molecule has 27 heavy (non-hydrogen) atoms. The summed E-state index contributed by atoms with van der Waals surface area (Å²) in [7, 11) is 1.47. The highest BCUT2D eigenvalue weighted by Gasteiger charge is 2.29. The Morgan fingerprint density at radius 3 is 2.44 bits per heavy atom. The standard InChI is InChI=1S/C18H20FN3O3.C2H6/c1-9-4-7-13(12(19)8-9)21-16-14(17(24)20-11-5-6-11)15(23)10(2)18(25)22(16)3;1-2/h4,7-8,11,21,23H,5-6H2,1-3H3,(H,20,24);1-2H3. The van der Waals surface area contributed by atoms with Gasteiger partial charge in [-0.2, -0.15) is 0 Å². The maximum atomic E-state index is 14.2. The summed E-state index contributed by atoms with van der Waals surface area (Å²) in [4.78, 5) is 24.8. The molecule has 1 aliphatic carbocycles. The molecule has 2 aromatic rings. The van der Waals surface area contributed by atoms with Gasteiger partial charge >= 0.3 is 0 Å². The first-order valence-corrected chi connectivity index (χ1v) is 9.06. The number of aryl methyl sites for hydroxylation is 1. The number of hydrogen-bond acceptors (Lipinski definition) is 4. The zero-order valence-electron chi connectivity index (χ0n) is 16.3. The number of anilines is 2. The van der Waals surface area contributed by atoms with Crippen LogP contribution in [0.2, 0.25) is 0 Å². The van der Waals surface area contributed by atoms with Crippen molar-refractivity contribution < 1.29 is 14.3 Å². The lowest BCUT2D eigenvalue weighted by Crippen LogP contribution is -2.31. The number of carbonyl (C=O) groups is 1. The lowest BCUT2D eigenvalue weighted by Gasteiger charge is -2.19. The van der Waals surface area contributed by atoms with E-state index in [9.17, 15) is 19.1 Å². The summed E-state index contributed by atoms with van der Waals surface area (Å²) in [6.45, 7) is 7.20. The first-order valence-electron chi connectivity index (χ1n) is 9.06. The van der Waals surface area contributed by atoms with Crippen molar-refractivity contribution in [1.29, 1.82) is 0 Å².